The molecule has 0 heterocycles. The SMILES string of the molecule is COc1cccc(C(CN)C(O)C2CCCCC2(C)C)c1. The third-order valence-electron chi connectivity index (χ3n) is 5.19. The summed E-state index contributed by atoms with van der Waals surface area (Å²) in [6.07, 6.45) is 4.36. The van der Waals surface area contributed by atoms with Gasteiger partial charge in [-0.15, -0.1) is 0 Å². The fourth-order valence-electron chi connectivity index (χ4n) is 3.78. The molecule has 0 saturated heterocycles. The molecular weight excluding hydrogens is 262 g/mol. The van der Waals surface area contributed by atoms with E-state index in [0.29, 0.717) is 12.5 Å². The summed E-state index contributed by atoms with van der Waals surface area (Å²) in [5.41, 5.74) is 7.25. The van der Waals surface area contributed by atoms with Crippen LogP contribution in [-0.4, -0.2) is 24.9 Å². The third kappa shape index (κ3) is 3.58. The van der Waals surface area contributed by atoms with E-state index in [-0.39, 0.29) is 11.3 Å². The first-order valence-corrected chi connectivity index (χ1v) is 8.01. The summed E-state index contributed by atoms with van der Waals surface area (Å²) >= 11 is 0. The fourth-order valence-corrected chi connectivity index (χ4v) is 3.78. The zero-order chi connectivity index (χ0) is 15.5. The number of hydrogen-bond acceptors (Lipinski definition) is 3. The van der Waals surface area contributed by atoms with E-state index >= 15 is 0 Å². The summed E-state index contributed by atoms with van der Waals surface area (Å²) in [4.78, 5) is 0. The van der Waals surface area contributed by atoms with Crippen molar-refractivity contribution in [1.82, 2.24) is 0 Å². The third-order valence-corrected chi connectivity index (χ3v) is 5.19. The standard InChI is InChI=1S/C18H29NO2/c1-18(2)10-5-4-9-16(18)17(20)15(12-19)13-7-6-8-14(11-13)21-3/h6-8,11,15-17,20H,4-5,9-10,12,19H2,1-3H3. The molecule has 1 aromatic rings. The first-order chi connectivity index (χ1) is 9.99. The Balaban J connectivity index is 2.23. The molecule has 1 fully saturated rings. The van der Waals surface area contributed by atoms with Crippen LogP contribution in [0.5, 0.6) is 5.75 Å². The van der Waals surface area contributed by atoms with Crippen LogP contribution in [0.2, 0.25) is 0 Å². The number of nitrogens with two attached hydrogens (primary N) is 1. The molecule has 3 heteroatoms. The van der Waals surface area contributed by atoms with Gasteiger partial charge < -0.3 is 15.6 Å². The smallest absolute Gasteiger partial charge is 0.119 e. The molecule has 0 aliphatic heterocycles. The van der Waals surface area contributed by atoms with Gasteiger partial charge in [0, 0.05) is 12.5 Å². The van der Waals surface area contributed by atoms with E-state index in [1.165, 1.54) is 19.3 Å². The summed E-state index contributed by atoms with van der Waals surface area (Å²) in [7, 11) is 1.66. The Morgan fingerprint density at radius 2 is 2.14 bits per heavy atom. The summed E-state index contributed by atoms with van der Waals surface area (Å²) in [5, 5.41) is 11.0. The van der Waals surface area contributed by atoms with Crippen LogP contribution in [0, 0.1) is 11.3 Å². The van der Waals surface area contributed by atoms with Gasteiger partial charge in [0.25, 0.3) is 0 Å². The van der Waals surface area contributed by atoms with Gasteiger partial charge in [-0.05, 0) is 41.9 Å². The van der Waals surface area contributed by atoms with E-state index in [1.807, 2.05) is 24.3 Å². The number of aliphatic hydroxyl groups is 1. The minimum Gasteiger partial charge on any atom is -0.497 e. The topological polar surface area (TPSA) is 55.5 Å². The molecule has 118 valence electrons. The number of methoxy groups -OCH3 is 1. The second-order valence-corrected chi connectivity index (χ2v) is 6.95. The van der Waals surface area contributed by atoms with Crippen molar-refractivity contribution in [3.63, 3.8) is 0 Å². The Labute approximate surface area is 128 Å². The molecule has 3 unspecified atom stereocenters. The molecule has 0 spiro atoms. The maximum Gasteiger partial charge on any atom is 0.119 e. The van der Waals surface area contributed by atoms with Gasteiger partial charge in [0.1, 0.15) is 5.75 Å². The number of hydrogen-bond donors (Lipinski definition) is 2. The summed E-state index contributed by atoms with van der Waals surface area (Å²) in [6.45, 7) is 5.01. The van der Waals surface area contributed by atoms with Gasteiger partial charge in [-0.1, -0.05) is 38.8 Å². The van der Waals surface area contributed by atoms with E-state index in [9.17, 15) is 5.11 Å². The van der Waals surface area contributed by atoms with Crippen molar-refractivity contribution in [3.8, 4) is 5.75 Å². The van der Waals surface area contributed by atoms with E-state index < -0.39 is 6.10 Å². The van der Waals surface area contributed by atoms with Crippen molar-refractivity contribution in [1.29, 1.82) is 0 Å². The van der Waals surface area contributed by atoms with Crippen LogP contribution in [0.3, 0.4) is 0 Å². The lowest BCUT2D eigenvalue weighted by Gasteiger charge is -2.43. The maximum atomic E-state index is 11.0. The van der Waals surface area contributed by atoms with Gasteiger partial charge in [0.2, 0.25) is 0 Å². The van der Waals surface area contributed by atoms with Gasteiger partial charge in [-0.2, -0.15) is 0 Å². The zero-order valence-corrected chi connectivity index (χ0v) is 13.5. The Hall–Kier alpha value is -1.06. The van der Waals surface area contributed by atoms with Crippen molar-refractivity contribution in [2.75, 3.05) is 13.7 Å². The molecule has 1 aromatic carbocycles. The molecule has 3 N–H and O–H groups in total. The highest BCUT2D eigenvalue weighted by Crippen LogP contribution is 2.45. The Kier molecular flexibility index (Phi) is 5.28. The predicted molar refractivity (Wildman–Crippen MR) is 86.5 cm³/mol. The van der Waals surface area contributed by atoms with E-state index in [4.69, 9.17) is 10.5 Å². The molecule has 3 nitrogen and oxygen atoms in total. The minimum absolute atomic E-state index is 0.0255. The Morgan fingerprint density at radius 1 is 1.38 bits per heavy atom. The summed E-state index contributed by atoms with van der Waals surface area (Å²) < 4.78 is 5.29. The van der Waals surface area contributed by atoms with E-state index in [0.717, 1.165) is 17.7 Å². The number of aliphatic hydroxyl groups excluding tert-OH is 1. The average molecular weight is 291 g/mol. The molecule has 0 radical (unpaired) electrons. The predicted octanol–water partition coefficient (Wildman–Crippen LogP) is 3.31. The van der Waals surface area contributed by atoms with Crippen LogP contribution in [0.4, 0.5) is 0 Å². The highest BCUT2D eigenvalue weighted by molar-refractivity contribution is 5.32. The van der Waals surface area contributed by atoms with Crippen molar-refractivity contribution >= 4 is 0 Å². The Morgan fingerprint density at radius 3 is 2.76 bits per heavy atom. The molecule has 0 amide bonds. The molecule has 2 rings (SSSR count). The molecule has 0 aromatic heterocycles. The van der Waals surface area contributed by atoms with Crippen molar-refractivity contribution in [2.24, 2.45) is 17.1 Å². The van der Waals surface area contributed by atoms with Gasteiger partial charge in [0.05, 0.1) is 13.2 Å². The van der Waals surface area contributed by atoms with Crippen molar-refractivity contribution < 1.29 is 9.84 Å². The second-order valence-electron chi connectivity index (χ2n) is 6.95. The first kappa shape index (κ1) is 16.3. The maximum absolute atomic E-state index is 11.0. The monoisotopic (exact) mass is 291 g/mol. The van der Waals surface area contributed by atoms with Gasteiger partial charge in [-0.25, -0.2) is 0 Å². The molecular formula is C18H29NO2. The lowest BCUT2D eigenvalue weighted by atomic mass is 9.64. The van der Waals surface area contributed by atoms with Crippen LogP contribution < -0.4 is 10.5 Å². The van der Waals surface area contributed by atoms with Gasteiger partial charge in [-0.3, -0.25) is 0 Å². The quantitative estimate of drug-likeness (QED) is 0.875. The molecule has 1 saturated carbocycles. The van der Waals surface area contributed by atoms with E-state index in [1.54, 1.807) is 7.11 Å². The van der Waals surface area contributed by atoms with Crippen molar-refractivity contribution in [3.05, 3.63) is 29.8 Å². The van der Waals surface area contributed by atoms with E-state index in [2.05, 4.69) is 13.8 Å². The molecule has 21 heavy (non-hydrogen) atoms. The van der Waals surface area contributed by atoms with Gasteiger partial charge in [0.15, 0.2) is 0 Å². The van der Waals surface area contributed by atoms with Crippen LogP contribution in [0.25, 0.3) is 0 Å². The lowest BCUT2D eigenvalue weighted by Crippen LogP contribution is -2.41. The average Bonchev–Trinajstić information content (AvgIpc) is 2.47. The summed E-state index contributed by atoms with van der Waals surface area (Å²) in [5.74, 6) is 1.11. The molecule has 3 atom stereocenters. The van der Waals surface area contributed by atoms with Crippen LogP contribution in [0.15, 0.2) is 24.3 Å². The number of ether oxygens (including phenoxy) is 1. The van der Waals surface area contributed by atoms with Crippen LogP contribution in [-0.2, 0) is 0 Å². The molecule has 1 aliphatic rings. The lowest BCUT2D eigenvalue weighted by molar-refractivity contribution is -0.00897. The Bertz CT molecular complexity index is 458. The molecule has 0 bridgehead atoms. The van der Waals surface area contributed by atoms with Crippen LogP contribution >= 0.6 is 0 Å². The minimum atomic E-state index is -0.391. The first-order valence-electron chi connectivity index (χ1n) is 8.01. The second kappa shape index (κ2) is 6.80. The van der Waals surface area contributed by atoms with Crippen LogP contribution in [0.1, 0.15) is 51.0 Å². The van der Waals surface area contributed by atoms with Crippen molar-refractivity contribution in [2.45, 2.75) is 51.6 Å². The fraction of sp³-hybridized carbons (Fsp3) is 0.667. The zero-order valence-electron chi connectivity index (χ0n) is 13.5. The number of rotatable bonds is 5. The number of benzene rings is 1. The highest BCUT2D eigenvalue weighted by Gasteiger charge is 2.40. The molecule has 1 aliphatic carbocycles. The highest BCUT2D eigenvalue weighted by atomic mass is 16.5. The summed E-state index contributed by atoms with van der Waals surface area (Å²) in [6, 6.07) is 7.93. The van der Waals surface area contributed by atoms with Gasteiger partial charge >= 0.3 is 0 Å². The normalized spacial score (nSPS) is 24.3. The largest absolute Gasteiger partial charge is 0.497 e.